The molecule has 1 rings (SSSR count). The van der Waals surface area contributed by atoms with Crippen LogP contribution in [0, 0.1) is 10.1 Å². The fourth-order valence-corrected chi connectivity index (χ4v) is 1.37. The first-order valence-corrected chi connectivity index (χ1v) is 5.57. The normalized spacial score (nSPS) is 10.9. The third-order valence-electron chi connectivity index (χ3n) is 2.32. The standard InChI is InChI=1S/C12H16N2O5/c1-12(2,16)7-13-11(15)8-4-5-10(19-3)9(6-8)14(17)18/h4-6,16H,7H2,1-3H3,(H,13,15). The molecule has 0 fully saturated rings. The van der Waals surface area contributed by atoms with Gasteiger partial charge in [-0.15, -0.1) is 0 Å². The summed E-state index contributed by atoms with van der Waals surface area (Å²) in [5.74, 6) is -0.406. The predicted molar refractivity (Wildman–Crippen MR) is 68.3 cm³/mol. The second-order valence-corrected chi connectivity index (χ2v) is 4.64. The van der Waals surface area contributed by atoms with Gasteiger partial charge < -0.3 is 15.2 Å². The van der Waals surface area contributed by atoms with Crippen molar-refractivity contribution in [3.8, 4) is 5.75 Å². The topological polar surface area (TPSA) is 102 Å². The molecule has 1 aromatic carbocycles. The van der Waals surface area contributed by atoms with Crippen molar-refractivity contribution in [2.75, 3.05) is 13.7 Å². The Morgan fingerprint density at radius 1 is 1.53 bits per heavy atom. The third kappa shape index (κ3) is 4.22. The van der Waals surface area contributed by atoms with Gasteiger partial charge in [-0.1, -0.05) is 0 Å². The summed E-state index contributed by atoms with van der Waals surface area (Å²) in [4.78, 5) is 22.0. The second-order valence-electron chi connectivity index (χ2n) is 4.64. The van der Waals surface area contributed by atoms with Gasteiger partial charge in [0.25, 0.3) is 5.91 Å². The number of rotatable bonds is 5. The van der Waals surface area contributed by atoms with E-state index in [9.17, 15) is 20.0 Å². The van der Waals surface area contributed by atoms with Gasteiger partial charge in [0.05, 0.1) is 17.6 Å². The Hall–Kier alpha value is -2.15. The van der Waals surface area contributed by atoms with Crippen LogP contribution in [0.1, 0.15) is 24.2 Å². The lowest BCUT2D eigenvalue weighted by atomic mass is 10.1. The van der Waals surface area contributed by atoms with Crippen molar-refractivity contribution >= 4 is 11.6 Å². The van der Waals surface area contributed by atoms with Gasteiger partial charge in [0.2, 0.25) is 0 Å². The van der Waals surface area contributed by atoms with E-state index in [2.05, 4.69) is 5.32 Å². The van der Waals surface area contributed by atoms with Crippen LogP contribution in [-0.4, -0.2) is 35.2 Å². The number of aliphatic hydroxyl groups is 1. The number of methoxy groups -OCH3 is 1. The van der Waals surface area contributed by atoms with E-state index in [1.54, 1.807) is 13.8 Å². The average Bonchev–Trinajstić information content (AvgIpc) is 2.34. The zero-order valence-electron chi connectivity index (χ0n) is 11.0. The Labute approximate surface area is 110 Å². The van der Waals surface area contributed by atoms with Crippen molar-refractivity contribution in [3.05, 3.63) is 33.9 Å². The number of hydrogen-bond acceptors (Lipinski definition) is 5. The van der Waals surface area contributed by atoms with Crippen LogP contribution in [0.3, 0.4) is 0 Å². The number of carbonyl (C=O) groups is 1. The summed E-state index contributed by atoms with van der Waals surface area (Å²) in [6, 6.07) is 3.92. The lowest BCUT2D eigenvalue weighted by Gasteiger charge is -2.17. The quantitative estimate of drug-likeness (QED) is 0.615. The molecule has 1 aromatic rings. The van der Waals surface area contributed by atoms with Gasteiger partial charge in [0, 0.05) is 18.2 Å². The number of benzene rings is 1. The highest BCUT2D eigenvalue weighted by Gasteiger charge is 2.19. The van der Waals surface area contributed by atoms with E-state index in [1.807, 2.05) is 0 Å². The Morgan fingerprint density at radius 3 is 2.63 bits per heavy atom. The van der Waals surface area contributed by atoms with Gasteiger partial charge in [-0.05, 0) is 26.0 Å². The van der Waals surface area contributed by atoms with Crippen molar-refractivity contribution < 1.29 is 19.6 Å². The molecule has 0 atom stereocenters. The summed E-state index contributed by atoms with van der Waals surface area (Å²) in [6.45, 7) is 3.14. The molecule has 0 radical (unpaired) electrons. The van der Waals surface area contributed by atoms with Crippen molar-refractivity contribution in [2.24, 2.45) is 0 Å². The minimum absolute atomic E-state index is 0.0473. The van der Waals surface area contributed by atoms with Crippen LogP contribution in [0.4, 0.5) is 5.69 Å². The highest BCUT2D eigenvalue weighted by atomic mass is 16.6. The number of carbonyl (C=O) groups excluding carboxylic acids is 1. The summed E-state index contributed by atoms with van der Waals surface area (Å²) < 4.78 is 4.84. The highest BCUT2D eigenvalue weighted by molar-refractivity contribution is 5.95. The highest BCUT2D eigenvalue weighted by Crippen LogP contribution is 2.27. The van der Waals surface area contributed by atoms with Gasteiger partial charge in [0.15, 0.2) is 5.75 Å². The fourth-order valence-electron chi connectivity index (χ4n) is 1.37. The van der Waals surface area contributed by atoms with Gasteiger partial charge in [-0.3, -0.25) is 14.9 Å². The molecule has 0 spiro atoms. The molecule has 7 nitrogen and oxygen atoms in total. The molecule has 0 bridgehead atoms. The van der Waals surface area contributed by atoms with Crippen LogP contribution < -0.4 is 10.1 Å². The third-order valence-corrected chi connectivity index (χ3v) is 2.32. The molecule has 0 saturated heterocycles. The predicted octanol–water partition coefficient (Wildman–Crippen LogP) is 1.10. The largest absolute Gasteiger partial charge is 0.490 e. The van der Waals surface area contributed by atoms with E-state index >= 15 is 0 Å². The zero-order chi connectivity index (χ0) is 14.6. The summed E-state index contributed by atoms with van der Waals surface area (Å²) in [5, 5.41) is 22.8. The van der Waals surface area contributed by atoms with Crippen molar-refractivity contribution in [2.45, 2.75) is 19.4 Å². The molecule has 2 N–H and O–H groups in total. The van der Waals surface area contributed by atoms with Crippen LogP contribution in [0.2, 0.25) is 0 Å². The van der Waals surface area contributed by atoms with Gasteiger partial charge in [0.1, 0.15) is 0 Å². The molecule has 7 heteroatoms. The number of nitro groups is 1. The molecule has 104 valence electrons. The summed E-state index contributed by atoms with van der Waals surface area (Å²) in [6.07, 6.45) is 0. The van der Waals surface area contributed by atoms with E-state index in [1.165, 1.54) is 19.2 Å². The second kappa shape index (κ2) is 5.66. The number of ether oxygens (including phenoxy) is 1. The number of nitrogens with zero attached hydrogens (tertiary/aromatic N) is 1. The molecule has 0 aliphatic carbocycles. The van der Waals surface area contributed by atoms with Crippen LogP contribution in [0.5, 0.6) is 5.75 Å². The summed E-state index contributed by atoms with van der Waals surface area (Å²) >= 11 is 0. The van der Waals surface area contributed by atoms with Gasteiger partial charge >= 0.3 is 5.69 Å². The van der Waals surface area contributed by atoms with Gasteiger partial charge in [-0.2, -0.15) is 0 Å². The van der Waals surface area contributed by atoms with Crippen LogP contribution in [0.25, 0.3) is 0 Å². The lowest BCUT2D eigenvalue weighted by Crippen LogP contribution is -2.38. The Bertz CT molecular complexity index is 493. The Balaban J connectivity index is 2.93. The van der Waals surface area contributed by atoms with Crippen molar-refractivity contribution in [3.63, 3.8) is 0 Å². The first kappa shape index (κ1) is 14.9. The lowest BCUT2D eigenvalue weighted by molar-refractivity contribution is -0.385. The molecule has 19 heavy (non-hydrogen) atoms. The molecule has 1 amide bonds. The molecule has 0 aromatic heterocycles. The summed E-state index contributed by atoms with van der Waals surface area (Å²) in [5.41, 5.74) is -1.19. The van der Waals surface area contributed by atoms with E-state index in [4.69, 9.17) is 4.74 Å². The Kier molecular flexibility index (Phi) is 4.44. The molecular formula is C12H16N2O5. The molecule has 0 unspecified atom stereocenters. The van der Waals surface area contributed by atoms with Crippen LogP contribution >= 0.6 is 0 Å². The minimum Gasteiger partial charge on any atom is -0.490 e. The van der Waals surface area contributed by atoms with E-state index in [-0.39, 0.29) is 23.5 Å². The number of amides is 1. The number of nitro benzene ring substituents is 1. The molecule has 0 saturated carbocycles. The molecule has 0 aliphatic heterocycles. The van der Waals surface area contributed by atoms with Crippen LogP contribution in [-0.2, 0) is 0 Å². The SMILES string of the molecule is COc1ccc(C(=O)NCC(C)(C)O)cc1[N+](=O)[O-]. The molecular weight excluding hydrogens is 252 g/mol. The maximum absolute atomic E-state index is 11.8. The number of nitrogens with one attached hydrogen (secondary N) is 1. The molecule has 0 heterocycles. The maximum atomic E-state index is 11.8. The van der Waals surface area contributed by atoms with E-state index < -0.39 is 16.4 Å². The minimum atomic E-state index is -1.05. The smallest absolute Gasteiger partial charge is 0.311 e. The Morgan fingerprint density at radius 2 is 2.16 bits per heavy atom. The fraction of sp³-hybridized carbons (Fsp3) is 0.417. The monoisotopic (exact) mass is 268 g/mol. The summed E-state index contributed by atoms with van der Waals surface area (Å²) in [7, 11) is 1.32. The molecule has 0 aliphatic rings. The van der Waals surface area contributed by atoms with Crippen molar-refractivity contribution in [1.82, 2.24) is 5.32 Å². The first-order valence-electron chi connectivity index (χ1n) is 5.57. The van der Waals surface area contributed by atoms with Gasteiger partial charge in [-0.25, -0.2) is 0 Å². The van der Waals surface area contributed by atoms with E-state index in [0.29, 0.717) is 0 Å². The number of hydrogen-bond donors (Lipinski definition) is 2. The first-order chi connectivity index (χ1) is 8.74. The zero-order valence-corrected chi connectivity index (χ0v) is 11.0. The van der Waals surface area contributed by atoms with Crippen molar-refractivity contribution in [1.29, 1.82) is 0 Å². The van der Waals surface area contributed by atoms with Crippen LogP contribution in [0.15, 0.2) is 18.2 Å². The maximum Gasteiger partial charge on any atom is 0.311 e. The van der Waals surface area contributed by atoms with E-state index in [0.717, 1.165) is 6.07 Å². The average molecular weight is 268 g/mol.